The van der Waals surface area contributed by atoms with Gasteiger partial charge >= 0.3 is 0 Å². The summed E-state index contributed by atoms with van der Waals surface area (Å²) in [7, 11) is 1.67. The van der Waals surface area contributed by atoms with Crippen LogP contribution in [0.3, 0.4) is 0 Å². The number of allylic oxidation sites excluding steroid dienone is 1. The van der Waals surface area contributed by atoms with E-state index in [9.17, 15) is 4.39 Å². The molecule has 3 heterocycles. The second-order valence-corrected chi connectivity index (χ2v) is 7.65. The number of rotatable bonds is 6. The predicted molar refractivity (Wildman–Crippen MR) is 123 cm³/mol. The van der Waals surface area contributed by atoms with Crippen LogP contribution in [0, 0.1) is 12.7 Å². The number of fused-ring (bicyclic) bond motifs is 3. The van der Waals surface area contributed by atoms with Crippen molar-refractivity contribution in [1.82, 2.24) is 24.5 Å². The smallest absolute Gasteiger partial charge is 0.123 e. The topological polar surface area (TPSA) is 57.8 Å². The van der Waals surface area contributed by atoms with Crippen LogP contribution in [0.2, 0.25) is 0 Å². The first-order valence-corrected chi connectivity index (χ1v) is 10.3. The molecule has 0 unspecified atom stereocenters. The molecule has 0 saturated heterocycles. The van der Waals surface area contributed by atoms with Crippen LogP contribution in [-0.2, 0) is 13.1 Å². The van der Waals surface area contributed by atoms with Crippen molar-refractivity contribution in [3.8, 4) is 5.75 Å². The highest BCUT2D eigenvalue weighted by atomic mass is 19.1. The monoisotopic (exact) mass is 427 g/mol. The van der Waals surface area contributed by atoms with Gasteiger partial charge in [0.2, 0.25) is 0 Å². The summed E-state index contributed by atoms with van der Waals surface area (Å²) < 4.78 is 22.8. The zero-order valence-electron chi connectivity index (χ0n) is 17.9. The van der Waals surface area contributed by atoms with Crippen molar-refractivity contribution in [2.24, 2.45) is 0 Å². The van der Waals surface area contributed by atoms with Gasteiger partial charge in [0.05, 0.1) is 43.1 Å². The van der Waals surface area contributed by atoms with E-state index in [0.717, 1.165) is 44.5 Å². The normalized spacial score (nSPS) is 11.7. The van der Waals surface area contributed by atoms with Crippen molar-refractivity contribution in [3.05, 3.63) is 89.8 Å². The van der Waals surface area contributed by atoms with E-state index in [1.54, 1.807) is 17.9 Å². The van der Waals surface area contributed by atoms with Gasteiger partial charge in [-0.3, -0.25) is 4.98 Å². The Morgan fingerprint density at radius 3 is 2.84 bits per heavy atom. The van der Waals surface area contributed by atoms with Crippen LogP contribution in [0.15, 0.2) is 67.0 Å². The van der Waals surface area contributed by atoms with Gasteiger partial charge in [-0.15, -0.1) is 5.10 Å². The van der Waals surface area contributed by atoms with Gasteiger partial charge in [-0.05, 0) is 42.8 Å². The van der Waals surface area contributed by atoms with Crippen molar-refractivity contribution >= 4 is 27.9 Å². The fraction of sp³-hybridized carbons (Fsp3) is 0.160. The Morgan fingerprint density at radius 2 is 2.00 bits per heavy atom. The number of aryl methyl sites for hydroxylation is 1. The summed E-state index contributed by atoms with van der Waals surface area (Å²) in [4.78, 5) is 4.50. The van der Waals surface area contributed by atoms with Gasteiger partial charge in [-0.1, -0.05) is 29.5 Å². The molecule has 0 N–H and O–H groups in total. The lowest BCUT2D eigenvalue weighted by Gasteiger charge is -2.07. The number of hydrogen-bond donors (Lipinski definition) is 0. The van der Waals surface area contributed by atoms with Crippen molar-refractivity contribution in [2.45, 2.75) is 20.0 Å². The molecule has 0 fully saturated rings. The Balaban J connectivity index is 1.45. The highest BCUT2D eigenvalue weighted by Crippen LogP contribution is 2.33. The molecule has 160 valence electrons. The number of ether oxygens (including phenoxy) is 1. The molecule has 2 aromatic carbocycles. The molecule has 5 rings (SSSR count). The molecule has 0 atom stereocenters. The van der Waals surface area contributed by atoms with Crippen LogP contribution in [-0.4, -0.2) is 31.7 Å². The van der Waals surface area contributed by atoms with Gasteiger partial charge in [0, 0.05) is 23.0 Å². The lowest BCUT2D eigenvalue weighted by Crippen LogP contribution is -2.02. The number of halogens is 1. The summed E-state index contributed by atoms with van der Waals surface area (Å²) in [6.45, 7) is 3.13. The van der Waals surface area contributed by atoms with E-state index in [2.05, 4.69) is 25.9 Å². The minimum atomic E-state index is -0.247. The Morgan fingerprint density at radius 1 is 1.09 bits per heavy atom. The first-order chi connectivity index (χ1) is 15.6. The summed E-state index contributed by atoms with van der Waals surface area (Å²) in [6.07, 6.45) is 7.58. The van der Waals surface area contributed by atoms with E-state index in [-0.39, 0.29) is 5.82 Å². The fourth-order valence-electron chi connectivity index (χ4n) is 4.06. The van der Waals surface area contributed by atoms with E-state index in [0.29, 0.717) is 13.1 Å². The molecule has 32 heavy (non-hydrogen) atoms. The standard InChI is InChI=1S/C25H22FN5O/c1-17-25-23(10-11-27-17)22-9-8-21(32-2)14-24(22)31(25)16-20-15-30(29-28-20)12-4-6-18-5-3-7-19(26)13-18/h3-11,13-15H,12,16H2,1-2H3/b6-4+. The molecule has 5 aromatic rings. The summed E-state index contributed by atoms with van der Waals surface area (Å²) in [5.74, 6) is 0.557. The molecule has 0 bridgehead atoms. The second-order valence-electron chi connectivity index (χ2n) is 7.65. The van der Waals surface area contributed by atoms with Crippen LogP contribution in [0.4, 0.5) is 4.39 Å². The van der Waals surface area contributed by atoms with Crippen molar-refractivity contribution in [1.29, 1.82) is 0 Å². The number of methoxy groups -OCH3 is 1. The number of aromatic nitrogens is 5. The first kappa shape index (κ1) is 19.9. The van der Waals surface area contributed by atoms with Crippen LogP contribution in [0.25, 0.3) is 27.9 Å². The number of pyridine rings is 1. The van der Waals surface area contributed by atoms with Crippen LogP contribution in [0.1, 0.15) is 17.0 Å². The van der Waals surface area contributed by atoms with Crippen molar-refractivity contribution < 1.29 is 9.13 Å². The Kier molecular flexibility index (Phi) is 5.15. The third-order valence-corrected chi connectivity index (χ3v) is 5.52. The largest absolute Gasteiger partial charge is 0.497 e. The summed E-state index contributed by atoms with van der Waals surface area (Å²) >= 11 is 0. The molecular weight excluding hydrogens is 405 g/mol. The van der Waals surface area contributed by atoms with Gasteiger partial charge in [-0.2, -0.15) is 0 Å². The molecule has 3 aromatic heterocycles. The third kappa shape index (κ3) is 3.73. The van der Waals surface area contributed by atoms with Gasteiger partial charge in [0.1, 0.15) is 17.3 Å². The minimum Gasteiger partial charge on any atom is -0.497 e. The molecule has 0 saturated carbocycles. The van der Waals surface area contributed by atoms with Crippen LogP contribution < -0.4 is 4.74 Å². The van der Waals surface area contributed by atoms with Crippen molar-refractivity contribution in [2.75, 3.05) is 7.11 Å². The SMILES string of the molecule is COc1ccc2c3ccnc(C)c3n(Cc3cn(C/C=C/c4cccc(F)c4)nn3)c2c1. The van der Waals surface area contributed by atoms with Gasteiger partial charge in [0.15, 0.2) is 0 Å². The minimum absolute atomic E-state index is 0.247. The molecule has 0 aliphatic rings. The molecule has 0 amide bonds. The van der Waals surface area contributed by atoms with Crippen LogP contribution >= 0.6 is 0 Å². The Labute approximate surface area is 184 Å². The van der Waals surface area contributed by atoms with E-state index < -0.39 is 0 Å². The molecule has 0 aliphatic heterocycles. The zero-order valence-corrected chi connectivity index (χ0v) is 17.9. The van der Waals surface area contributed by atoms with Crippen LogP contribution in [0.5, 0.6) is 5.75 Å². The van der Waals surface area contributed by atoms with Crippen molar-refractivity contribution in [3.63, 3.8) is 0 Å². The highest BCUT2D eigenvalue weighted by Gasteiger charge is 2.15. The zero-order chi connectivity index (χ0) is 22.1. The molecule has 0 spiro atoms. The molecule has 6 nitrogen and oxygen atoms in total. The number of hydrogen-bond acceptors (Lipinski definition) is 4. The van der Waals surface area contributed by atoms with E-state index in [4.69, 9.17) is 4.74 Å². The number of nitrogens with zero attached hydrogens (tertiary/aromatic N) is 5. The number of benzene rings is 2. The first-order valence-electron chi connectivity index (χ1n) is 10.3. The van der Waals surface area contributed by atoms with E-state index >= 15 is 0 Å². The van der Waals surface area contributed by atoms with Gasteiger partial charge < -0.3 is 9.30 Å². The quantitative estimate of drug-likeness (QED) is 0.383. The average Bonchev–Trinajstić information content (AvgIpc) is 3.37. The highest BCUT2D eigenvalue weighted by molar-refractivity contribution is 6.09. The summed E-state index contributed by atoms with van der Waals surface area (Å²) in [6, 6.07) is 14.6. The predicted octanol–water partition coefficient (Wildman–Crippen LogP) is 5.00. The fourth-order valence-corrected chi connectivity index (χ4v) is 4.06. The van der Waals surface area contributed by atoms with E-state index in [1.807, 2.05) is 55.7 Å². The molecular formula is C25H22FN5O. The molecule has 0 radical (unpaired) electrons. The second kappa shape index (κ2) is 8.26. The third-order valence-electron chi connectivity index (χ3n) is 5.52. The Hall–Kier alpha value is -4.00. The van der Waals surface area contributed by atoms with Gasteiger partial charge in [0.25, 0.3) is 0 Å². The maximum Gasteiger partial charge on any atom is 0.123 e. The average molecular weight is 427 g/mol. The Bertz CT molecular complexity index is 1450. The maximum absolute atomic E-state index is 13.3. The summed E-state index contributed by atoms with van der Waals surface area (Å²) in [5.41, 5.74) is 4.76. The summed E-state index contributed by atoms with van der Waals surface area (Å²) in [5, 5.41) is 10.9. The maximum atomic E-state index is 13.3. The molecule has 7 heteroatoms. The lowest BCUT2D eigenvalue weighted by atomic mass is 10.1. The molecule has 0 aliphatic carbocycles. The van der Waals surface area contributed by atoms with E-state index in [1.165, 1.54) is 12.1 Å². The van der Waals surface area contributed by atoms with Gasteiger partial charge in [-0.25, -0.2) is 9.07 Å². The lowest BCUT2D eigenvalue weighted by molar-refractivity contribution is 0.415.